The van der Waals surface area contributed by atoms with Crippen molar-refractivity contribution in [1.29, 1.82) is 0 Å². The van der Waals surface area contributed by atoms with Crippen LogP contribution < -0.4 is 5.32 Å². The van der Waals surface area contributed by atoms with Crippen LogP contribution in [0.1, 0.15) is 41.3 Å². The number of piperidine rings is 1. The first-order valence-corrected chi connectivity index (χ1v) is 12.6. The van der Waals surface area contributed by atoms with Crippen molar-refractivity contribution in [3.8, 4) is 10.8 Å². The number of sulfonamides is 1. The van der Waals surface area contributed by atoms with Crippen molar-refractivity contribution in [2.75, 3.05) is 18.4 Å². The number of hydrogen-bond donors (Lipinski definition) is 1. The molecule has 0 saturated carbocycles. The van der Waals surface area contributed by atoms with E-state index in [9.17, 15) is 13.2 Å². The van der Waals surface area contributed by atoms with Gasteiger partial charge in [-0.05, 0) is 56.4 Å². The lowest BCUT2D eigenvalue weighted by atomic mass is 9.94. The Morgan fingerprint density at radius 1 is 1.12 bits per heavy atom. The standard InChI is InChI=1S/C21H25N5O4S2/c1-12-9-13(2)11-26(10-12)32(28,29)17-7-5-16(6-8-17)19(27)23-21-25-24-20(30-21)18-14(3)22-15(4)31-18/h5-8,12-13H,9-11H2,1-4H3,(H,23,25,27). The minimum absolute atomic E-state index is 0.0385. The number of carbonyl (C=O) groups is 1. The summed E-state index contributed by atoms with van der Waals surface area (Å²) in [4.78, 5) is 17.8. The molecular weight excluding hydrogens is 450 g/mol. The highest BCUT2D eigenvalue weighted by Gasteiger charge is 2.31. The first kappa shape index (κ1) is 22.6. The van der Waals surface area contributed by atoms with Gasteiger partial charge in [0.1, 0.15) is 4.88 Å². The van der Waals surface area contributed by atoms with Gasteiger partial charge in [-0.25, -0.2) is 13.4 Å². The van der Waals surface area contributed by atoms with Crippen LogP contribution in [0.4, 0.5) is 6.01 Å². The van der Waals surface area contributed by atoms with Gasteiger partial charge in [0.15, 0.2) is 0 Å². The number of aromatic nitrogens is 3. The van der Waals surface area contributed by atoms with Crippen LogP contribution in [0.15, 0.2) is 33.6 Å². The summed E-state index contributed by atoms with van der Waals surface area (Å²) in [7, 11) is -3.60. The molecule has 170 valence electrons. The van der Waals surface area contributed by atoms with Crippen LogP contribution in [0.5, 0.6) is 0 Å². The van der Waals surface area contributed by atoms with E-state index in [4.69, 9.17) is 4.42 Å². The van der Waals surface area contributed by atoms with Crippen molar-refractivity contribution in [3.05, 3.63) is 40.5 Å². The molecule has 1 aliphatic rings. The fourth-order valence-electron chi connectivity index (χ4n) is 3.99. The van der Waals surface area contributed by atoms with Crippen molar-refractivity contribution >= 4 is 33.3 Å². The van der Waals surface area contributed by atoms with E-state index >= 15 is 0 Å². The van der Waals surface area contributed by atoms with Gasteiger partial charge in [-0.3, -0.25) is 10.1 Å². The van der Waals surface area contributed by atoms with Gasteiger partial charge in [-0.15, -0.1) is 16.4 Å². The van der Waals surface area contributed by atoms with Crippen LogP contribution in [-0.2, 0) is 10.0 Å². The molecule has 2 aromatic heterocycles. The van der Waals surface area contributed by atoms with Crippen LogP contribution in [0.25, 0.3) is 10.8 Å². The zero-order valence-electron chi connectivity index (χ0n) is 18.3. The summed E-state index contributed by atoms with van der Waals surface area (Å²) >= 11 is 1.43. The van der Waals surface area contributed by atoms with Crippen molar-refractivity contribution in [2.45, 2.75) is 39.0 Å². The fraction of sp³-hybridized carbons (Fsp3) is 0.429. The molecule has 0 spiro atoms. The number of benzene rings is 1. The van der Waals surface area contributed by atoms with Crippen LogP contribution in [0.2, 0.25) is 0 Å². The van der Waals surface area contributed by atoms with E-state index in [0.29, 0.717) is 24.9 Å². The Kier molecular flexibility index (Phi) is 6.15. The number of nitrogens with zero attached hydrogens (tertiary/aromatic N) is 4. The maximum atomic E-state index is 13.0. The quantitative estimate of drug-likeness (QED) is 0.597. The number of nitrogens with one attached hydrogen (secondary N) is 1. The molecule has 4 rings (SSSR count). The molecule has 1 aliphatic heterocycles. The number of hydrogen-bond acceptors (Lipinski definition) is 8. The Balaban J connectivity index is 1.46. The monoisotopic (exact) mass is 475 g/mol. The number of carbonyl (C=O) groups excluding carboxylic acids is 1. The smallest absolute Gasteiger partial charge is 0.322 e. The minimum atomic E-state index is -3.60. The van der Waals surface area contributed by atoms with Crippen LogP contribution in [0, 0.1) is 25.7 Å². The maximum Gasteiger partial charge on any atom is 0.322 e. The molecule has 0 radical (unpaired) electrons. The summed E-state index contributed by atoms with van der Waals surface area (Å²) in [5, 5.41) is 11.3. The second kappa shape index (κ2) is 8.72. The highest BCUT2D eigenvalue weighted by atomic mass is 32.2. The third-order valence-electron chi connectivity index (χ3n) is 5.33. The van der Waals surface area contributed by atoms with Gasteiger partial charge in [-0.1, -0.05) is 18.9 Å². The first-order chi connectivity index (χ1) is 15.1. The zero-order chi connectivity index (χ0) is 23.0. The highest BCUT2D eigenvalue weighted by Crippen LogP contribution is 2.30. The van der Waals surface area contributed by atoms with Crippen molar-refractivity contribution in [1.82, 2.24) is 19.5 Å². The summed E-state index contributed by atoms with van der Waals surface area (Å²) < 4.78 is 33.1. The van der Waals surface area contributed by atoms with Gasteiger partial charge in [-0.2, -0.15) is 4.31 Å². The first-order valence-electron chi connectivity index (χ1n) is 10.3. The molecule has 3 aromatic rings. The van der Waals surface area contributed by atoms with Gasteiger partial charge in [0, 0.05) is 18.7 Å². The average molecular weight is 476 g/mol. The predicted octanol–water partition coefficient (Wildman–Crippen LogP) is 3.73. The summed E-state index contributed by atoms with van der Waals surface area (Å²) in [6.07, 6.45) is 1.02. The molecule has 11 heteroatoms. The Morgan fingerprint density at radius 2 is 1.78 bits per heavy atom. The second-order valence-electron chi connectivity index (χ2n) is 8.31. The number of anilines is 1. The minimum Gasteiger partial charge on any atom is -0.402 e. The maximum absolute atomic E-state index is 13.0. The molecule has 1 N–H and O–H groups in total. The van der Waals surface area contributed by atoms with E-state index < -0.39 is 15.9 Å². The molecule has 1 saturated heterocycles. The summed E-state index contributed by atoms with van der Waals surface area (Å²) in [6.45, 7) is 8.87. The van der Waals surface area contributed by atoms with Gasteiger partial charge in [0.25, 0.3) is 11.8 Å². The van der Waals surface area contributed by atoms with Gasteiger partial charge >= 0.3 is 6.01 Å². The van der Waals surface area contributed by atoms with Gasteiger partial charge in [0.05, 0.1) is 15.6 Å². The number of amides is 1. The van der Waals surface area contributed by atoms with E-state index in [1.165, 1.54) is 39.9 Å². The summed E-state index contributed by atoms with van der Waals surface area (Å²) in [6, 6.07) is 5.83. The Hall–Kier alpha value is -2.63. The Bertz CT molecular complexity index is 1220. The normalized spacial score (nSPS) is 19.8. The lowest BCUT2D eigenvalue weighted by molar-refractivity contribution is 0.102. The van der Waals surface area contributed by atoms with E-state index in [1.54, 1.807) is 0 Å². The van der Waals surface area contributed by atoms with Crippen molar-refractivity contribution in [3.63, 3.8) is 0 Å². The molecule has 0 bridgehead atoms. The van der Waals surface area contributed by atoms with Gasteiger partial charge < -0.3 is 4.42 Å². The third kappa shape index (κ3) is 4.59. The molecule has 2 atom stereocenters. The van der Waals surface area contributed by atoms with E-state index in [-0.39, 0.29) is 22.4 Å². The molecular formula is C21H25N5O4S2. The molecule has 3 heterocycles. The molecule has 1 fully saturated rings. The van der Waals surface area contributed by atoms with Crippen LogP contribution in [-0.4, -0.2) is 46.9 Å². The van der Waals surface area contributed by atoms with E-state index in [2.05, 4.69) is 34.3 Å². The third-order valence-corrected chi connectivity index (χ3v) is 8.24. The number of thiazole rings is 1. The fourth-order valence-corrected chi connectivity index (χ4v) is 6.51. The largest absolute Gasteiger partial charge is 0.402 e. The molecule has 32 heavy (non-hydrogen) atoms. The van der Waals surface area contributed by atoms with Crippen LogP contribution in [0.3, 0.4) is 0 Å². The zero-order valence-corrected chi connectivity index (χ0v) is 20.0. The molecule has 9 nitrogen and oxygen atoms in total. The second-order valence-corrected chi connectivity index (χ2v) is 11.4. The number of aryl methyl sites for hydroxylation is 2. The topological polar surface area (TPSA) is 118 Å². The predicted molar refractivity (Wildman–Crippen MR) is 121 cm³/mol. The summed E-state index contributed by atoms with van der Waals surface area (Å²) in [5.74, 6) is 0.447. The van der Waals surface area contributed by atoms with E-state index in [1.807, 2.05) is 13.8 Å². The Labute approximate surface area is 190 Å². The summed E-state index contributed by atoms with van der Waals surface area (Å²) in [5.41, 5.74) is 1.07. The van der Waals surface area contributed by atoms with Crippen molar-refractivity contribution < 1.29 is 17.6 Å². The lowest BCUT2D eigenvalue weighted by Crippen LogP contribution is -2.42. The average Bonchev–Trinajstić information content (AvgIpc) is 3.32. The van der Waals surface area contributed by atoms with Crippen molar-refractivity contribution in [2.24, 2.45) is 11.8 Å². The SMILES string of the molecule is Cc1nc(C)c(-c2nnc(NC(=O)c3ccc(S(=O)(=O)N4CC(C)CC(C)C4)cc3)o2)s1. The highest BCUT2D eigenvalue weighted by molar-refractivity contribution is 7.89. The molecule has 1 amide bonds. The molecule has 2 unspecified atom stereocenters. The van der Waals surface area contributed by atoms with Crippen LogP contribution >= 0.6 is 11.3 Å². The lowest BCUT2D eigenvalue weighted by Gasteiger charge is -2.34. The van der Waals surface area contributed by atoms with E-state index in [0.717, 1.165) is 22.0 Å². The molecule has 1 aromatic carbocycles. The molecule has 0 aliphatic carbocycles. The van der Waals surface area contributed by atoms with Gasteiger partial charge in [0.2, 0.25) is 10.0 Å². The Morgan fingerprint density at radius 3 is 2.38 bits per heavy atom. The number of rotatable bonds is 5.